The van der Waals surface area contributed by atoms with E-state index in [-0.39, 0.29) is 9.62 Å². The minimum Gasteiger partial charge on any atom is -0.303 e. The van der Waals surface area contributed by atoms with Crippen LogP contribution in [0, 0.1) is 0 Å². The number of aldehydes is 1. The third kappa shape index (κ3) is 3.81. The number of carbonyl (C=O) groups is 1. The number of thioether (sulfide) groups is 2. The van der Waals surface area contributed by atoms with Gasteiger partial charge in [-0.1, -0.05) is 108 Å². The van der Waals surface area contributed by atoms with Gasteiger partial charge in [-0.05, 0) is 23.5 Å². The highest BCUT2D eigenvalue weighted by molar-refractivity contribution is 8.21. The van der Waals surface area contributed by atoms with E-state index in [0.29, 0.717) is 6.42 Å². The minimum atomic E-state index is -2.27. The summed E-state index contributed by atoms with van der Waals surface area (Å²) in [7, 11) is -2.27. The molecule has 0 N–H and O–H groups in total. The topological polar surface area (TPSA) is 17.1 Å². The van der Waals surface area contributed by atoms with E-state index in [1.54, 1.807) is 0 Å². The SMILES string of the molecule is C[Si](c1ccccc1)(c1ccccc1)C1(C(CC=O)c2ccccc2)SCCCS1. The van der Waals surface area contributed by atoms with Crippen LogP contribution in [0.2, 0.25) is 6.55 Å². The lowest BCUT2D eigenvalue weighted by Crippen LogP contribution is -2.71. The van der Waals surface area contributed by atoms with Crippen molar-refractivity contribution in [1.82, 2.24) is 0 Å². The molecule has 1 unspecified atom stereocenters. The molecule has 3 aromatic carbocycles. The predicted molar refractivity (Wildman–Crippen MR) is 136 cm³/mol. The Morgan fingerprint density at radius 2 is 1.30 bits per heavy atom. The fourth-order valence-corrected chi connectivity index (χ4v) is 16.0. The van der Waals surface area contributed by atoms with Crippen LogP contribution >= 0.6 is 23.5 Å². The van der Waals surface area contributed by atoms with E-state index in [9.17, 15) is 4.79 Å². The summed E-state index contributed by atoms with van der Waals surface area (Å²) in [6.07, 6.45) is 2.93. The molecule has 1 heterocycles. The molecular formula is C26H28OS2Si. The van der Waals surface area contributed by atoms with E-state index in [1.165, 1.54) is 22.4 Å². The summed E-state index contributed by atoms with van der Waals surface area (Å²) in [5.74, 6) is 2.48. The molecule has 0 saturated carbocycles. The normalized spacial score (nSPS) is 17.2. The molecule has 154 valence electrons. The van der Waals surface area contributed by atoms with Gasteiger partial charge in [0.1, 0.15) is 14.4 Å². The third-order valence-corrected chi connectivity index (χ3v) is 17.5. The third-order valence-electron chi connectivity index (χ3n) is 6.31. The van der Waals surface area contributed by atoms with Gasteiger partial charge in [0.25, 0.3) is 0 Å². The minimum absolute atomic E-state index is 0.0454. The Morgan fingerprint density at radius 1 is 0.833 bits per heavy atom. The van der Waals surface area contributed by atoms with E-state index in [4.69, 9.17) is 0 Å². The maximum Gasteiger partial charge on any atom is 0.143 e. The van der Waals surface area contributed by atoms with Crippen LogP contribution < -0.4 is 10.4 Å². The lowest BCUT2D eigenvalue weighted by Gasteiger charge is -2.53. The first kappa shape index (κ1) is 21.5. The second-order valence-electron chi connectivity index (χ2n) is 7.94. The Morgan fingerprint density at radius 3 is 1.77 bits per heavy atom. The zero-order valence-corrected chi connectivity index (χ0v) is 20.0. The molecule has 0 aromatic heterocycles. The first-order valence-electron chi connectivity index (χ1n) is 10.6. The molecule has 1 aliphatic rings. The molecule has 30 heavy (non-hydrogen) atoms. The van der Waals surface area contributed by atoms with Crippen molar-refractivity contribution in [2.75, 3.05) is 11.5 Å². The van der Waals surface area contributed by atoms with Crippen LogP contribution in [0.4, 0.5) is 0 Å². The predicted octanol–water partition coefficient (Wildman–Crippen LogP) is 5.36. The van der Waals surface area contributed by atoms with Gasteiger partial charge in [0, 0.05) is 12.3 Å². The lowest BCUT2D eigenvalue weighted by atomic mass is 9.98. The maximum atomic E-state index is 12.0. The van der Waals surface area contributed by atoms with Gasteiger partial charge in [-0.15, -0.1) is 23.5 Å². The van der Waals surface area contributed by atoms with E-state index >= 15 is 0 Å². The summed E-state index contributed by atoms with van der Waals surface area (Å²) in [6.45, 7) is 2.53. The molecule has 1 saturated heterocycles. The molecular weight excluding hydrogens is 421 g/mol. The van der Waals surface area contributed by atoms with Crippen LogP contribution in [0.5, 0.6) is 0 Å². The molecule has 4 rings (SSSR count). The fraction of sp³-hybridized carbons (Fsp3) is 0.269. The Balaban J connectivity index is 1.99. The number of carbonyl (C=O) groups excluding carboxylic acids is 1. The van der Waals surface area contributed by atoms with Crippen molar-refractivity contribution in [1.29, 1.82) is 0 Å². The number of benzene rings is 3. The van der Waals surface area contributed by atoms with Crippen LogP contribution in [0.15, 0.2) is 91.0 Å². The van der Waals surface area contributed by atoms with Crippen molar-refractivity contribution in [2.45, 2.75) is 29.0 Å². The first-order valence-corrected chi connectivity index (χ1v) is 15.1. The maximum absolute atomic E-state index is 12.0. The van der Waals surface area contributed by atoms with E-state index < -0.39 is 8.07 Å². The zero-order valence-electron chi connectivity index (χ0n) is 17.4. The average molecular weight is 449 g/mol. The van der Waals surface area contributed by atoms with Crippen molar-refractivity contribution < 1.29 is 4.79 Å². The summed E-state index contributed by atoms with van der Waals surface area (Å²) in [6, 6.07) is 32.9. The first-order chi connectivity index (χ1) is 14.7. The van der Waals surface area contributed by atoms with Crippen LogP contribution in [-0.2, 0) is 4.79 Å². The molecule has 0 radical (unpaired) electrons. The second-order valence-corrected chi connectivity index (χ2v) is 15.8. The molecule has 0 spiro atoms. The summed E-state index contributed by atoms with van der Waals surface area (Å²) in [5, 5.41) is 2.90. The molecule has 0 bridgehead atoms. The Hall–Kier alpha value is -1.75. The van der Waals surface area contributed by atoms with Gasteiger partial charge in [0.2, 0.25) is 0 Å². The quantitative estimate of drug-likeness (QED) is 0.358. The molecule has 4 heteroatoms. The van der Waals surface area contributed by atoms with Crippen LogP contribution in [0.1, 0.15) is 24.3 Å². The van der Waals surface area contributed by atoms with Crippen LogP contribution in [-0.4, -0.2) is 29.6 Å². The lowest BCUT2D eigenvalue weighted by molar-refractivity contribution is -0.108. The van der Waals surface area contributed by atoms with Crippen molar-refractivity contribution >= 4 is 48.3 Å². The summed E-state index contributed by atoms with van der Waals surface area (Å²) < 4.78 is -0.0454. The van der Waals surface area contributed by atoms with Crippen LogP contribution in [0.3, 0.4) is 0 Å². The van der Waals surface area contributed by atoms with E-state index in [2.05, 4.69) is 121 Å². The summed E-state index contributed by atoms with van der Waals surface area (Å²) in [5.41, 5.74) is 1.29. The smallest absolute Gasteiger partial charge is 0.143 e. The molecule has 0 aliphatic carbocycles. The second kappa shape index (κ2) is 9.59. The van der Waals surface area contributed by atoms with Crippen molar-refractivity contribution in [2.24, 2.45) is 0 Å². The summed E-state index contributed by atoms with van der Waals surface area (Å²) >= 11 is 4.23. The molecule has 1 nitrogen and oxygen atoms in total. The van der Waals surface area contributed by atoms with Crippen molar-refractivity contribution in [3.05, 3.63) is 96.6 Å². The highest BCUT2D eigenvalue weighted by Crippen LogP contribution is 2.57. The van der Waals surface area contributed by atoms with Gasteiger partial charge < -0.3 is 4.79 Å². The molecule has 1 fully saturated rings. The Kier molecular flexibility index (Phi) is 6.86. The van der Waals surface area contributed by atoms with E-state index in [1.807, 2.05) is 0 Å². The van der Waals surface area contributed by atoms with Crippen molar-refractivity contribution in [3.8, 4) is 0 Å². The monoisotopic (exact) mass is 448 g/mol. The standard InChI is InChI=1S/C26H28OS2Si/c1-30(23-14-7-3-8-15-23,24-16-9-4-10-17-24)26(28-20-11-21-29-26)25(18-19-27)22-12-5-2-6-13-22/h2-10,12-17,19,25H,11,18,20-21H2,1H3. The fourth-order valence-electron chi connectivity index (χ4n) is 4.79. The van der Waals surface area contributed by atoms with Gasteiger partial charge in [0.05, 0.1) is 3.70 Å². The number of rotatable bonds is 7. The Bertz CT molecular complexity index is 901. The largest absolute Gasteiger partial charge is 0.303 e. The summed E-state index contributed by atoms with van der Waals surface area (Å²) in [4.78, 5) is 12.0. The van der Waals surface area contributed by atoms with Gasteiger partial charge in [0.15, 0.2) is 0 Å². The van der Waals surface area contributed by atoms with Gasteiger partial charge in [-0.25, -0.2) is 0 Å². The van der Waals surface area contributed by atoms with Gasteiger partial charge in [-0.3, -0.25) is 0 Å². The zero-order chi connectivity index (χ0) is 20.9. The van der Waals surface area contributed by atoms with Crippen molar-refractivity contribution in [3.63, 3.8) is 0 Å². The Labute approximate surface area is 189 Å². The van der Waals surface area contributed by atoms with Gasteiger partial charge in [-0.2, -0.15) is 0 Å². The molecule has 0 amide bonds. The number of hydrogen-bond donors (Lipinski definition) is 0. The highest BCUT2D eigenvalue weighted by Gasteiger charge is 2.58. The van der Waals surface area contributed by atoms with Crippen LogP contribution in [0.25, 0.3) is 0 Å². The molecule has 1 aliphatic heterocycles. The number of hydrogen-bond acceptors (Lipinski definition) is 3. The van der Waals surface area contributed by atoms with Gasteiger partial charge >= 0.3 is 0 Å². The molecule has 1 atom stereocenters. The average Bonchev–Trinajstić information content (AvgIpc) is 2.84. The van der Waals surface area contributed by atoms with E-state index in [0.717, 1.165) is 17.8 Å². The highest BCUT2D eigenvalue weighted by atomic mass is 32.2. The molecule has 3 aromatic rings.